The number of nitrogens with zero attached hydrogens (tertiary/aromatic N) is 2. The molecular weight excluding hydrogens is 460 g/mol. The summed E-state index contributed by atoms with van der Waals surface area (Å²) in [6, 6.07) is 13.9. The number of methoxy groups -OCH3 is 2. The maximum absolute atomic E-state index is 13.7. The van der Waals surface area contributed by atoms with Crippen molar-refractivity contribution in [2.45, 2.75) is 0 Å². The molecule has 8 heteroatoms. The maximum atomic E-state index is 13.7. The Morgan fingerprint density at radius 3 is 1.36 bits per heavy atom. The Morgan fingerprint density at radius 1 is 0.583 bits per heavy atom. The largest absolute Gasteiger partial charge is 0.497 e. The van der Waals surface area contributed by atoms with E-state index in [-0.39, 0.29) is 47.3 Å². The zero-order chi connectivity index (χ0) is 24.9. The van der Waals surface area contributed by atoms with Gasteiger partial charge in [-0.25, -0.2) is 9.80 Å². The van der Waals surface area contributed by atoms with E-state index in [4.69, 9.17) is 9.47 Å². The zero-order valence-electron chi connectivity index (χ0n) is 19.7. The quantitative estimate of drug-likeness (QED) is 0.489. The fourth-order valence-corrected chi connectivity index (χ4v) is 7.61. The summed E-state index contributed by atoms with van der Waals surface area (Å²) in [6.07, 6.45) is 4.02. The van der Waals surface area contributed by atoms with Crippen LogP contribution >= 0.6 is 0 Å². The summed E-state index contributed by atoms with van der Waals surface area (Å²) in [7, 11) is 3.08. The predicted octanol–water partition coefficient (Wildman–Crippen LogP) is 2.68. The minimum atomic E-state index is -0.519. The number of carbonyl (C=O) groups excluding carboxylic acids is 4. The molecule has 2 saturated carbocycles. The van der Waals surface area contributed by atoms with Crippen molar-refractivity contribution >= 4 is 35.0 Å². The number of hydrogen-bond acceptors (Lipinski definition) is 6. The van der Waals surface area contributed by atoms with Crippen molar-refractivity contribution in [2.75, 3.05) is 24.0 Å². The van der Waals surface area contributed by atoms with Gasteiger partial charge in [-0.3, -0.25) is 19.2 Å². The third-order valence-electron chi connectivity index (χ3n) is 8.97. The molecular formula is C28H24N2O6. The second kappa shape index (κ2) is 7.29. The van der Waals surface area contributed by atoms with Gasteiger partial charge in [0.25, 0.3) is 0 Å². The van der Waals surface area contributed by atoms with Gasteiger partial charge >= 0.3 is 0 Å². The normalized spacial score (nSPS) is 35.5. The summed E-state index contributed by atoms with van der Waals surface area (Å²) in [4.78, 5) is 57.0. The summed E-state index contributed by atoms with van der Waals surface area (Å²) in [5.41, 5.74) is 0.981. The molecule has 2 heterocycles. The molecule has 8 nitrogen and oxygen atoms in total. The average molecular weight is 485 g/mol. The molecule has 8 rings (SSSR count). The van der Waals surface area contributed by atoms with Crippen molar-refractivity contribution in [2.24, 2.45) is 47.3 Å². The number of allylic oxidation sites excluding steroid dienone is 2. The molecule has 182 valence electrons. The highest BCUT2D eigenvalue weighted by molar-refractivity contribution is 6.25. The highest BCUT2D eigenvalue weighted by Crippen LogP contribution is 2.68. The minimum Gasteiger partial charge on any atom is -0.497 e. The smallest absolute Gasteiger partial charge is 0.238 e. The topological polar surface area (TPSA) is 93.2 Å². The number of anilines is 2. The second-order valence-electron chi connectivity index (χ2n) is 10.2. The first-order chi connectivity index (χ1) is 17.5. The first kappa shape index (κ1) is 21.4. The van der Waals surface area contributed by atoms with E-state index in [0.717, 1.165) is 0 Å². The first-order valence-electron chi connectivity index (χ1n) is 12.2. The molecule has 0 radical (unpaired) electrons. The van der Waals surface area contributed by atoms with E-state index < -0.39 is 23.7 Å². The molecule has 2 aromatic rings. The Hall–Kier alpha value is -3.94. The molecule has 2 aliphatic heterocycles. The van der Waals surface area contributed by atoms with Gasteiger partial charge in [-0.05, 0) is 47.9 Å². The number of rotatable bonds is 4. The molecule has 36 heavy (non-hydrogen) atoms. The molecule has 0 N–H and O–H groups in total. The predicted molar refractivity (Wildman–Crippen MR) is 128 cm³/mol. The van der Waals surface area contributed by atoms with E-state index in [9.17, 15) is 19.2 Å². The van der Waals surface area contributed by atoms with Gasteiger partial charge in [-0.15, -0.1) is 0 Å². The van der Waals surface area contributed by atoms with Gasteiger partial charge in [0.2, 0.25) is 23.6 Å². The fraction of sp³-hybridized carbons (Fsp3) is 0.357. The maximum Gasteiger partial charge on any atom is 0.238 e. The third-order valence-corrected chi connectivity index (χ3v) is 8.97. The van der Waals surface area contributed by atoms with E-state index >= 15 is 0 Å². The number of imide groups is 2. The number of amides is 4. The lowest BCUT2D eigenvalue weighted by Gasteiger charge is -2.60. The molecule has 2 aromatic carbocycles. The van der Waals surface area contributed by atoms with Crippen LogP contribution in [0.4, 0.5) is 11.4 Å². The fourth-order valence-electron chi connectivity index (χ4n) is 7.61. The Balaban J connectivity index is 1.24. The minimum absolute atomic E-state index is 0.125. The lowest BCUT2D eigenvalue weighted by Crippen LogP contribution is -2.63. The molecule has 0 aromatic heterocycles. The van der Waals surface area contributed by atoms with Crippen molar-refractivity contribution in [1.82, 2.24) is 0 Å². The lowest BCUT2D eigenvalue weighted by atomic mass is 9.40. The molecule has 0 unspecified atom stereocenters. The van der Waals surface area contributed by atoms with Crippen LogP contribution in [0.15, 0.2) is 60.7 Å². The SMILES string of the molecule is COc1cccc(N2C(=O)[C@@H]3[C@@H]4C=C[C@@H]([C@@H]3C2=O)[C@H]2[C@H]3C(=O)N(c5cccc(OC)c5)C(=O)[C@@H]3[C@H]42)c1. The molecule has 8 atom stereocenters. The highest BCUT2D eigenvalue weighted by atomic mass is 16.5. The van der Waals surface area contributed by atoms with Gasteiger partial charge in [0.15, 0.2) is 0 Å². The molecule has 2 saturated heterocycles. The lowest BCUT2D eigenvalue weighted by molar-refractivity contribution is -0.166. The van der Waals surface area contributed by atoms with Crippen LogP contribution in [0.5, 0.6) is 11.5 Å². The molecule has 6 aliphatic rings. The van der Waals surface area contributed by atoms with Crippen LogP contribution < -0.4 is 19.3 Å². The van der Waals surface area contributed by atoms with Crippen LogP contribution in [0.3, 0.4) is 0 Å². The summed E-state index contributed by atoms with van der Waals surface area (Å²) in [5, 5.41) is 0. The van der Waals surface area contributed by atoms with Gasteiger partial charge in [0, 0.05) is 12.1 Å². The Labute approximate surface area is 207 Å². The summed E-state index contributed by atoms with van der Waals surface area (Å²) < 4.78 is 10.6. The van der Waals surface area contributed by atoms with Crippen LogP contribution in [-0.2, 0) is 19.2 Å². The summed E-state index contributed by atoms with van der Waals surface area (Å²) >= 11 is 0. The first-order valence-corrected chi connectivity index (χ1v) is 12.2. The molecule has 4 fully saturated rings. The highest BCUT2D eigenvalue weighted by Gasteiger charge is 2.75. The monoisotopic (exact) mass is 484 g/mol. The van der Waals surface area contributed by atoms with E-state index in [1.54, 1.807) is 48.5 Å². The van der Waals surface area contributed by atoms with Crippen LogP contribution in [0.2, 0.25) is 0 Å². The standard InChI is InChI=1S/C28H24N2O6/c1-35-15-7-3-5-13(11-15)29-25(31)21-17-9-10-18(22(21)26(29)32)20-19(17)23-24(20)28(34)30(27(23)33)14-6-4-8-16(12-14)36-2/h3-12,17-24H,1-2H3/t17-,18-,19-,20-,21-,22+,23-,24-/m1/s1. The number of ether oxygens (including phenoxy) is 2. The van der Waals surface area contributed by atoms with E-state index in [1.807, 2.05) is 12.2 Å². The Bertz CT molecular complexity index is 1330. The van der Waals surface area contributed by atoms with Crippen LogP contribution in [-0.4, -0.2) is 37.8 Å². The number of hydrogen-bond donors (Lipinski definition) is 0. The third kappa shape index (κ3) is 2.49. The van der Waals surface area contributed by atoms with Gasteiger partial charge in [0.05, 0.1) is 49.3 Å². The van der Waals surface area contributed by atoms with Crippen molar-refractivity contribution in [3.63, 3.8) is 0 Å². The van der Waals surface area contributed by atoms with Crippen LogP contribution in [0, 0.1) is 47.3 Å². The Kier molecular flexibility index (Phi) is 4.32. The van der Waals surface area contributed by atoms with Gasteiger partial charge in [-0.2, -0.15) is 0 Å². The number of benzene rings is 2. The summed E-state index contributed by atoms with van der Waals surface area (Å²) in [6.45, 7) is 0. The molecule has 4 aliphatic carbocycles. The average Bonchev–Trinajstić information content (AvgIpc) is 3.27. The second-order valence-corrected chi connectivity index (χ2v) is 10.2. The van der Waals surface area contributed by atoms with Gasteiger partial charge in [-0.1, -0.05) is 24.3 Å². The van der Waals surface area contributed by atoms with Crippen molar-refractivity contribution in [3.8, 4) is 11.5 Å². The van der Waals surface area contributed by atoms with Crippen molar-refractivity contribution < 1.29 is 28.7 Å². The Morgan fingerprint density at radius 2 is 0.972 bits per heavy atom. The van der Waals surface area contributed by atoms with Gasteiger partial charge in [0.1, 0.15) is 11.5 Å². The van der Waals surface area contributed by atoms with E-state index in [1.165, 1.54) is 24.0 Å². The van der Waals surface area contributed by atoms with Crippen molar-refractivity contribution in [3.05, 3.63) is 60.7 Å². The van der Waals surface area contributed by atoms with Gasteiger partial charge < -0.3 is 9.47 Å². The summed E-state index contributed by atoms with van der Waals surface area (Å²) in [5.74, 6) is -2.52. The van der Waals surface area contributed by atoms with Crippen molar-refractivity contribution in [1.29, 1.82) is 0 Å². The molecule has 4 amide bonds. The molecule has 2 bridgehead atoms. The number of fused-ring (bicyclic) bond motifs is 1. The van der Waals surface area contributed by atoms with E-state index in [0.29, 0.717) is 22.9 Å². The number of carbonyl (C=O) groups is 4. The zero-order valence-corrected chi connectivity index (χ0v) is 19.7. The molecule has 0 spiro atoms. The van der Waals surface area contributed by atoms with Crippen LogP contribution in [0.25, 0.3) is 0 Å². The van der Waals surface area contributed by atoms with Crippen LogP contribution in [0.1, 0.15) is 0 Å². The van der Waals surface area contributed by atoms with E-state index in [2.05, 4.69) is 0 Å².